The number of benzene rings is 1. The molecule has 0 spiro atoms. The highest BCUT2D eigenvalue weighted by molar-refractivity contribution is 6.00. The maximum atomic E-state index is 13.1. The first kappa shape index (κ1) is 20.9. The van der Waals surface area contributed by atoms with Crippen molar-refractivity contribution in [1.29, 1.82) is 0 Å². The first-order valence-electron chi connectivity index (χ1n) is 9.97. The fourth-order valence-electron chi connectivity index (χ4n) is 3.66. The first-order valence-corrected chi connectivity index (χ1v) is 9.97. The lowest BCUT2D eigenvalue weighted by Gasteiger charge is -2.33. The fraction of sp³-hybridized carbons (Fsp3) is 0.261. The summed E-state index contributed by atoms with van der Waals surface area (Å²) in [5, 5.41) is 3.32. The van der Waals surface area contributed by atoms with Crippen LogP contribution in [0.4, 0.5) is 8.78 Å². The molecule has 162 valence electrons. The Balaban J connectivity index is 1.64. The molecule has 3 heterocycles. The normalized spacial score (nSPS) is 20.4. The maximum Gasteiger partial charge on any atom is 0.387 e. The molecule has 1 aromatic carbocycles. The summed E-state index contributed by atoms with van der Waals surface area (Å²) in [5.74, 6) is -0.121. The summed E-state index contributed by atoms with van der Waals surface area (Å²) >= 11 is 0. The Morgan fingerprint density at radius 1 is 1.06 bits per heavy atom. The van der Waals surface area contributed by atoms with Gasteiger partial charge in [-0.2, -0.15) is 8.78 Å². The van der Waals surface area contributed by atoms with E-state index in [0.29, 0.717) is 11.1 Å². The van der Waals surface area contributed by atoms with E-state index >= 15 is 0 Å². The van der Waals surface area contributed by atoms with Gasteiger partial charge in [0.15, 0.2) is 11.5 Å². The molecule has 3 aliphatic rings. The van der Waals surface area contributed by atoms with E-state index < -0.39 is 6.61 Å². The van der Waals surface area contributed by atoms with Crippen LogP contribution in [0.15, 0.2) is 72.2 Å². The Morgan fingerprint density at radius 2 is 1.84 bits per heavy atom. The number of carbonyl (C=O) groups excluding carboxylic acids is 1. The highest BCUT2D eigenvalue weighted by Gasteiger charge is 2.22. The topological polar surface area (TPSA) is 54.0 Å². The minimum Gasteiger partial charge on any atom is -0.493 e. The third-order valence-electron chi connectivity index (χ3n) is 5.22. The zero-order valence-electron chi connectivity index (χ0n) is 17.1. The second kappa shape index (κ2) is 9.18. The van der Waals surface area contributed by atoms with Gasteiger partial charge in [-0.1, -0.05) is 18.2 Å². The van der Waals surface area contributed by atoms with Gasteiger partial charge in [0.1, 0.15) is 0 Å². The number of nitrogens with zero attached hydrogens (tertiary/aromatic N) is 2. The average molecular weight is 427 g/mol. The van der Waals surface area contributed by atoms with Crippen molar-refractivity contribution in [2.24, 2.45) is 0 Å². The van der Waals surface area contributed by atoms with Crippen LogP contribution in [0, 0.1) is 0 Å². The summed E-state index contributed by atoms with van der Waals surface area (Å²) in [4.78, 5) is 16.9. The minimum atomic E-state index is -2.98. The summed E-state index contributed by atoms with van der Waals surface area (Å²) in [6.45, 7) is 0.560. The molecule has 4 rings (SSSR count). The van der Waals surface area contributed by atoms with Crippen LogP contribution in [0.1, 0.15) is 5.56 Å². The number of methoxy groups -OCH3 is 1. The second-order valence-electron chi connectivity index (χ2n) is 7.13. The largest absolute Gasteiger partial charge is 0.493 e. The van der Waals surface area contributed by atoms with Gasteiger partial charge in [0.25, 0.3) is 5.91 Å². The molecule has 1 fully saturated rings. The third kappa shape index (κ3) is 4.69. The summed E-state index contributed by atoms with van der Waals surface area (Å²) in [6, 6.07) is 4.68. The standard InChI is InChI=1S/C23H23F2N3O3/c1-30-20-8-5-17(13-21(20)31-23(24)25)16-3-2-4-18-6-7-19(15-28(18)22(29)14-16)27-11-9-26-10-12-27/h2-8,13-15,23,26H,9-12H2,1H3/b3-2?,16-14?,18-4+. The number of alkyl halides is 2. The number of fused-ring (bicyclic) bond motifs is 1. The van der Waals surface area contributed by atoms with Gasteiger partial charge in [0.05, 0.1) is 12.8 Å². The van der Waals surface area contributed by atoms with Gasteiger partial charge in [-0.25, -0.2) is 0 Å². The molecule has 0 bridgehead atoms. The lowest BCUT2D eigenvalue weighted by atomic mass is 10.0. The smallest absolute Gasteiger partial charge is 0.387 e. The molecule has 0 radical (unpaired) electrons. The minimum absolute atomic E-state index is 0.0863. The molecule has 1 amide bonds. The molecule has 1 N–H and O–H groups in total. The molecule has 3 aliphatic heterocycles. The monoisotopic (exact) mass is 427 g/mol. The van der Waals surface area contributed by atoms with E-state index in [9.17, 15) is 13.6 Å². The fourth-order valence-corrected chi connectivity index (χ4v) is 3.66. The molecule has 0 aromatic heterocycles. The van der Waals surface area contributed by atoms with E-state index in [4.69, 9.17) is 4.74 Å². The molecule has 31 heavy (non-hydrogen) atoms. The van der Waals surface area contributed by atoms with Gasteiger partial charge < -0.3 is 19.7 Å². The van der Waals surface area contributed by atoms with Crippen LogP contribution >= 0.6 is 0 Å². The van der Waals surface area contributed by atoms with Crippen LogP contribution in [-0.4, -0.2) is 55.6 Å². The van der Waals surface area contributed by atoms with E-state index in [1.807, 2.05) is 30.5 Å². The van der Waals surface area contributed by atoms with Crippen molar-refractivity contribution in [1.82, 2.24) is 15.1 Å². The SMILES string of the molecule is COc1ccc(C2=CC(=O)N3C=C(N4CCNCC4)C=C/C3=C\C=C2)cc1OC(F)F. The van der Waals surface area contributed by atoms with E-state index in [1.165, 1.54) is 25.3 Å². The van der Waals surface area contributed by atoms with Gasteiger partial charge in [-0.3, -0.25) is 9.69 Å². The van der Waals surface area contributed by atoms with E-state index in [2.05, 4.69) is 15.0 Å². The third-order valence-corrected chi connectivity index (χ3v) is 5.22. The van der Waals surface area contributed by atoms with Crippen molar-refractivity contribution in [3.8, 4) is 11.5 Å². The zero-order chi connectivity index (χ0) is 21.8. The number of ether oxygens (including phenoxy) is 2. The van der Waals surface area contributed by atoms with Gasteiger partial charge in [-0.05, 0) is 41.5 Å². The molecule has 1 aromatic rings. The molecular formula is C23H23F2N3O3. The zero-order valence-corrected chi connectivity index (χ0v) is 17.1. The van der Waals surface area contributed by atoms with Crippen molar-refractivity contribution in [2.75, 3.05) is 33.3 Å². The molecule has 0 aliphatic carbocycles. The van der Waals surface area contributed by atoms with E-state index in [1.54, 1.807) is 17.0 Å². The highest BCUT2D eigenvalue weighted by atomic mass is 19.3. The molecule has 0 saturated carbocycles. The van der Waals surface area contributed by atoms with E-state index in [-0.39, 0.29) is 17.4 Å². The Kier molecular flexibility index (Phi) is 6.18. The molecule has 0 atom stereocenters. The number of allylic oxidation sites excluding steroid dienone is 6. The van der Waals surface area contributed by atoms with Crippen LogP contribution in [0.2, 0.25) is 0 Å². The lowest BCUT2D eigenvalue weighted by molar-refractivity contribution is -0.122. The van der Waals surface area contributed by atoms with Gasteiger partial charge in [0.2, 0.25) is 0 Å². The van der Waals surface area contributed by atoms with E-state index in [0.717, 1.165) is 37.6 Å². The number of hydrogen-bond donors (Lipinski definition) is 1. The Hall–Kier alpha value is -3.39. The maximum absolute atomic E-state index is 13.1. The number of carbonyl (C=O) groups is 1. The summed E-state index contributed by atoms with van der Waals surface area (Å²) < 4.78 is 35.2. The van der Waals surface area contributed by atoms with Gasteiger partial charge >= 0.3 is 6.61 Å². The summed E-state index contributed by atoms with van der Waals surface area (Å²) in [6.07, 6.45) is 12.7. The number of nitrogens with one attached hydrogen (secondary N) is 1. The van der Waals surface area contributed by atoms with Crippen LogP contribution in [0.25, 0.3) is 5.57 Å². The molecule has 6 nitrogen and oxygen atoms in total. The van der Waals surface area contributed by atoms with Crippen molar-refractivity contribution < 1.29 is 23.0 Å². The van der Waals surface area contributed by atoms with Gasteiger partial charge in [0, 0.05) is 44.2 Å². The first-order chi connectivity index (χ1) is 15.0. The summed E-state index contributed by atoms with van der Waals surface area (Å²) in [5.41, 5.74) is 2.88. The van der Waals surface area contributed by atoms with Crippen LogP contribution in [-0.2, 0) is 4.79 Å². The van der Waals surface area contributed by atoms with Crippen molar-refractivity contribution in [3.05, 3.63) is 77.8 Å². The van der Waals surface area contributed by atoms with Crippen molar-refractivity contribution >= 4 is 11.5 Å². The van der Waals surface area contributed by atoms with Crippen molar-refractivity contribution in [2.45, 2.75) is 6.61 Å². The molecular weight excluding hydrogens is 404 g/mol. The van der Waals surface area contributed by atoms with Crippen molar-refractivity contribution in [3.63, 3.8) is 0 Å². The average Bonchev–Trinajstić information content (AvgIpc) is 2.77. The van der Waals surface area contributed by atoms with Crippen LogP contribution in [0.3, 0.4) is 0 Å². The predicted octanol–water partition coefficient (Wildman–Crippen LogP) is 3.28. The Labute approximate surface area is 179 Å². The molecule has 8 heteroatoms. The predicted molar refractivity (Wildman–Crippen MR) is 113 cm³/mol. The second-order valence-corrected chi connectivity index (χ2v) is 7.13. The quantitative estimate of drug-likeness (QED) is 0.782. The highest BCUT2D eigenvalue weighted by Crippen LogP contribution is 2.33. The summed E-state index contributed by atoms with van der Waals surface area (Å²) in [7, 11) is 1.38. The number of halogens is 2. The Bertz CT molecular complexity index is 1010. The molecule has 0 unspecified atom stereocenters. The lowest BCUT2D eigenvalue weighted by Crippen LogP contribution is -2.43. The molecule has 1 saturated heterocycles. The van der Waals surface area contributed by atoms with Crippen LogP contribution in [0.5, 0.6) is 11.5 Å². The number of rotatable bonds is 5. The number of amides is 1. The van der Waals surface area contributed by atoms with Crippen LogP contribution < -0.4 is 14.8 Å². The Morgan fingerprint density at radius 3 is 2.58 bits per heavy atom. The number of piperazine rings is 1. The number of hydrogen-bond acceptors (Lipinski definition) is 5. The van der Waals surface area contributed by atoms with Gasteiger partial charge in [-0.15, -0.1) is 0 Å².